The molecule has 3 unspecified atom stereocenters. The number of Topliss-reactive ketones (excluding diaryl/α,β-unsaturated/α-hetero) is 1. The van der Waals surface area contributed by atoms with Crippen molar-refractivity contribution in [3.63, 3.8) is 0 Å². The number of benzene rings is 3. The lowest BCUT2D eigenvalue weighted by Crippen LogP contribution is -2.55. The average Bonchev–Trinajstić information content (AvgIpc) is 3.47. The zero-order valence-corrected chi connectivity index (χ0v) is 22.8. The maximum absolute atomic E-state index is 13.5. The van der Waals surface area contributed by atoms with Gasteiger partial charge in [-0.25, -0.2) is 4.79 Å². The SMILES string of the molecule is COc1cc2c(cc1OC)C(=O)C(C1CC[N+](C)(CCc3ccc(OCc4ccccc4)cc3)[C@@H]1C(=O)O)C2. The molecule has 0 spiro atoms. The van der Waals surface area contributed by atoms with E-state index in [0.717, 1.165) is 35.4 Å². The second-order valence-corrected chi connectivity index (χ2v) is 10.9. The molecule has 2 aliphatic rings. The van der Waals surface area contributed by atoms with Crippen LogP contribution in [0.4, 0.5) is 0 Å². The van der Waals surface area contributed by atoms with E-state index in [0.29, 0.717) is 47.5 Å². The molecule has 1 fully saturated rings. The first-order chi connectivity index (χ1) is 18.8. The van der Waals surface area contributed by atoms with E-state index in [2.05, 4.69) is 0 Å². The summed E-state index contributed by atoms with van der Waals surface area (Å²) in [6.07, 6.45) is 1.99. The van der Waals surface area contributed by atoms with Gasteiger partial charge in [-0.1, -0.05) is 42.5 Å². The first kappa shape index (κ1) is 26.8. The number of fused-ring (bicyclic) bond motifs is 1. The fourth-order valence-corrected chi connectivity index (χ4v) is 6.40. The smallest absolute Gasteiger partial charge is 0.362 e. The standard InChI is InChI=1S/C32H35NO6/c1-33(15-13-21-9-11-24(12-10-21)39-20-22-7-5-4-6-8-22)16-14-25(30(33)32(35)36)27-17-23-18-28(37-2)29(38-3)19-26(23)31(27)34/h4-12,18-19,25,27,30H,13-17,20H2,1-3H3/p+1/t25?,27?,30-,33?/m0/s1. The van der Waals surface area contributed by atoms with Crippen LogP contribution in [0.25, 0.3) is 0 Å². The Kier molecular flexibility index (Phi) is 7.62. The maximum Gasteiger partial charge on any atom is 0.362 e. The van der Waals surface area contributed by atoms with Crippen molar-refractivity contribution in [2.45, 2.75) is 31.9 Å². The lowest BCUT2D eigenvalue weighted by molar-refractivity contribution is -0.914. The highest BCUT2D eigenvalue weighted by Gasteiger charge is 2.55. The lowest BCUT2D eigenvalue weighted by atomic mass is 9.83. The maximum atomic E-state index is 13.5. The summed E-state index contributed by atoms with van der Waals surface area (Å²) < 4.78 is 17.1. The van der Waals surface area contributed by atoms with Crippen LogP contribution >= 0.6 is 0 Å². The van der Waals surface area contributed by atoms with Gasteiger partial charge < -0.3 is 23.8 Å². The molecule has 3 aromatic rings. The highest BCUT2D eigenvalue weighted by molar-refractivity contribution is 6.03. The Balaban J connectivity index is 1.25. The highest BCUT2D eigenvalue weighted by Crippen LogP contribution is 2.44. The minimum atomic E-state index is -0.830. The number of carboxylic acid groups (broad SMARTS) is 1. The largest absolute Gasteiger partial charge is 0.493 e. The van der Waals surface area contributed by atoms with Crippen molar-refractivity contribution in [2.24, 2.45) is 11.8 Å². The van der Waals surface area contributed by atoms with Crippen molar-refractivity contribution in [3.05, 3.63) is 89.0 Å². The molecular weight excluding hydrogens is 494 g/mol. The lowest BCUT2D eigenvalue weighted by Gasteiger charge is -2.36. The molecule has 5 rings (SSSR count). The second-order valence-electron chi connectivity index (χ2n) is 10.9. The first-order valence-corrected chi connectivity index (χ1v) is 13.4. The predicted octanol–water partition coefficient (Wildman–Crippen LogP) is 4.80. The van der Waals surface area contributed by atoms with E-state index in [9.17, 15) is 14.7 Å². The van der Waals surface area contributed by atoms with E-state index in [4.69, 9.17) is 14.2 Å². The average molecular weight is 531 g/mol. The Bertz CT molecular complexity index is 1340. The third-order valence-electron chi connectivity index (χ3n) is 8.55. The molecule has 7 nitrogen and oxygen atoms in total. The number of rotatable bonds is 10. The van der Waals surface area contributed by atoms with Gasteiger partial charge in [-0.3, -0.25) is 4.79 Å². The first-order valence-electron chi connectivity index (χ1n) is 13.4. The number of hydrogen-bond acceptors (Lipinski definition) is 5. The van der Waals surface area contributed by atoms with Crippen LogP contribution in [-0.4, -0.2) is 61.7 Å². The van der Waals surface area contributed by atoms with Gasteiger partial charge in [-0.2, -0.15) is 0 Å². The molecule has 1 aliphatic heterocycles. The summed E-state index contributed by atoms with van der Waals surface area (Å²) in [5, 5.41) is 10.4. The molecule has 39 heavy (non-hydrogen) atoms. The number of carbonyl (C=O) groups excluding carboxylic acids is 1. The van der Waals surface area contributed by atoms with Gasteiger partial charge in [0.1, 0.15) is 12.4 Å². The number of hydrogen-bond donors (Lipinski definition) is 1. The number of likely N-dealkylation sites (N-methyl/N-ethyl adjacent to an activating group) is 1. The van der Waals surface area contributed by atoms with E-state index in [-0.39, 0.29) is 17.6 Å². The van der Waals surface area contributed by atoms with Gasteiger partial charge in [0.25, 0.3) is 0 Å². The summed E-state index contributed by atoms with van der Waals surface area (Å²) in [5.41, 5.74) is 3.78. The molecule has 7 heteroatoms. The molecule has 0 radical (unpaired) electrons. The van der Waals surface area contributed by atoms with E-state index in [1.807, 2.05) is 67.7 Å². The molecule has 1 heterocycles. The van der Waals surface area contributed by atoms with Crippen LogP contribution in [0.5, 0.6) is 17.2 Å². The molecule has 0 saturated carbocycles. The van der Waals surface area contributed by atoms with Gasteiger partial charge in [0.15, 0.2) is 23.3 Å². The Hall–Kier alpha value is -3.84. The Labute approximate surface area is 229 Å². The topological polar surface area (TPSA) is 82.1 Å². The fraction of sp³-hybridized carbons (Fsp3) is 0.375. The molecule has 0 bridgehead atoms. The summed E-state index contributed by atoms with van der Waals surface area (Å²) in [5.74, 6) is 0.522. The number of quaternary nitrogens is 1. The van der Waals surface area contributed by atoms with Gasteiger partial charge in [-0.05, 0) is 47.4 Å². The van der Waals surface area contributed by atoms with E-state index in [1.54, 1.807) is 20.3 Å². The van der Waals surface area contributed by atoms with Gasteiger partial charge in [0.05, 0.1) is 34.4 Å². The normalized spacial score (nSPS) is 23.9. The van der Waals surface area contributed by atoms with Crippen molar-refractivity contribution < 1.29 is 33.4 Å². The quantitative estimate of drug-likeness (QED) is 0.379. The minimum absolute atomic E-state index is 0.0155. The second kappa shape index (κ2) is 11.1. The minimum Gasteiger partial charge on any atom is -0.493 e. The number of methoxy groups -OCH3 is 2. The van der Waals surface area contributed by atoms with Gasteiger partial charge in [-0.15, -0.1) is 0 Å². The van der Waals surface area contributed by atoms with Crippen LogP contribution in [0.15, 0.2) is 66.7 Å². The Morgan fingerprint density at radius 3 is 2.33 bits per heavy atom. The van der Waals surface area contributed by atoms with Crippen LogP contribution in [0.1, 0.15) is 33.5 Å². The Morgan fingerprint density at radius 1 is 0.974 bits per heavy atom. The zero-order chi connectivity index (χ0) is 27.6. The van der Waals surface area contributed by atoms with Crippen LogP contribution < -0.4 is 14.2 Å². The fourth-order valence-electron chi connectivity index (χ4n) is 6.40. The van der Waals surface area contributed by atoms with E-state index in [1.165, 1.54) is 0 Å². The number of nitrogens with zero attached hydrogens (tertiary/aromatic N) is 1. The molecule has 0 amide bonds. The zero-order valence-electron chi connectivity index (χ0n) is 22.8. The third-order valence-corrected chi connectivity index (χ3v) is 8.55. The Morgan fingerprint density at radius 2 is 1.67 bits per heavy atom. The van der Waals surface area contributed by atoms with Gasteiger partial charge >= 0.3 is 5.97 Å². The predicted molar refractivity (Wildman–Crippen MR) is 147 cm³/mol. The van der Waals surface area contributed by atoms with Crippen molar-refractivity contribution in [2.75, 3.05) is 34.4 Å². The number of carboxylic acids is 1. The molecule has 1 N–H and O–H groups in total. The van der Waals surface area contributed by atoms with Crippen LogP contribution in [0.2, 0.25) is 0 Å². The summed E-state index contributed by atoms with van der Waals surface area (Å²) in [6, 6.07) is 21.0. The van der Waals surface area contributed by atoms with Crippen molar-refractivity contribution in [3.8, 4) is 17.2 Å². The van der Waals surface area contributed by atoms with Gasteiger partial charge in [0, 0.05) is 30.2 Å². The number of carbonyl (C=O) groups is 2. The summed E-state index contributed by atoms with van der Waals surface area (Å²) in [4.78, 5) is 26.1. The van der Waals surface area contributed by atoms with E-state index >= 15 is 0 Å². The molecule has 1 aliphatic carbocycles. The number of aliphatic carboxylic acids is 1. The molecule has 3 aromatic carbocycles. The molecule has 1 saturated heterocycles. The van der Waals surface area contributed by atoms with Crippen LogP contribution in [0, 0.1) is 11.8 Å². The highest BCUT2D eigenvalue weighted by atomic mass is 16.5. The molecule has 204 valence electrons. The third kappa shape index (κ3) is 5.36. The van der Waals surface area contributed by atoms with Crippen LogP contribution in [0.3, 0.4) is 0 Å². The monoisotopic (exact) mass is 530 g/mol. The number of ether oxygens (including phenoxy) is 3. The molecule has 0 aromatic heterocycles. The molecular formula is C32H36NO6+. The van der Waals surface area contributed by atoms with Crippen LogP contribution in [-0.2, 0) is 24.2 Å². The van der Waals surface area contributed by atoms with Crippen molar-refractivity contribution >= 4 is 11.8 Å². The van der Waals surface area contributed by atoms with Gasteiger partial charge in [0.2, 0.25) is 0 Å². The van der Waals surface area contributed by atoms with Crippen molar-refractivity contribution in [1.29, 1.82) is 0 Å². The summed E-state index contributed by atoms with van der Waals surface area (Å²) in [7, 11) is 5.14. The van der Waals surface area contributed by atoms with Crippen molar-refractivity contribution in [1.82, 2.24) is 0 Å². The number of ketones is 1. The summed E-state index contributed by atoms with van der Waals surface area (Å²) >= 11 is 0. The molecule has 4 atom stereocenters. The summed E-state index contributed by atoms with van der Waals surface area (Å²) in [6.45, 7) is 1.93. The number of likely N-dealkylation sites (tertiary alicyclic amines) is 1. The van der Waals surface area contributed by atoms with E-state index < -0.39 is 12.0 Å².